The highest BCUT2D eigenvalue weighted by Crippen LogP contribution is 2.41. The van der Waals surface area contributed by atoms with E-state index in [0.717, 1.165) is 69.5 Å². The van der Waals surface area contributed by atoms with Gasteiger partial charge in [-0.1, -0.05) is 19.1 Å². The molecule has 0 atom stereocenters. The number of nitriles is 1. The molecule has 1 aromatic rings. The van der Waals surface area contributed by atoms with Gasteiger partial charge in [0.15, 0.2) is 6.29 Å². The van der Waals surface area contributed by atoms with E-state index in [4.69, 9.17) is 0 Å². The zero-order valence-corrected chi connectivity index (χ0v) is 22.3. The highest BCUT2D eigenvalue weighted by Gasteiger charge is 2.39. The van der Waals surface area contributed by atoms with Crippen LogP contribution in [0.1, 0.15) is 62.0 Å². The number of anilines is 1. The first-order chi connectivity index (χ1) is 17.9. The minimum absolute atomic E-state index is 0.279. The zero-order valence-electron chi connectivity index (χ0n) is 22.3. The summed E-state index contributed by atoms with van der Waals surface area (Å²) in [6.07, 6.45) is 12.5. The lowest BCUT2D eigenvalue weighted by Gasteiger charge is -2.41. The first kappa shape index (κ1) is 26.6. The Kier molecular flexibility index (Phi) is 8.45. The molecule has 0 aliphatic carbocycles. The molecule has 37 heavy (non-hydrogen) atoms. The molecule has 0 radical (unpaired) electrons. The molecule has 8 heteroatoms. The molecule has 4 heterocycles. The fourth-order valence-corrected chi connectivity index (χ4v) is 5.74. The lowest BCUT2D eigenvalue weighted by atomic mass is 9.77. The summed E-state index contributed by atoms with van der Waals surface area (Å²) in [6, 6.07) is 5.67. The fourth-order valence-electron chi connectivity index (χ4n) is 5.74. The van der Waals surface area contributed by atoms with E-state index in [-0.39, 0.29) is 6.03 Å². The van der Waals surface area contributed by atoms with E-state index in [9.17, 15) is 14.9 Å². The number of aryl methyl sites for hydroxylation is 1. The van der Waals surface area contributed by atoms with Crippen LogP contribution in [0, 0.1) is 16.7 Å². The molecular weight excluding hydrogens is 464 g/mol. The number of hydrogen-bond acceptors (Lipinski definition) is 6. The van der Waals surface area contributed by atoms with Gasteiger partial charge >= 0.3 is 6.03 Å². The molecule has 3 aliphatic rings. The maximum atomic E-state index is 13.3. The first-order valence-electron chi connectivity index (χ1n) is 13.3. The number of pyridine rings is 1. The van der Waals surface area contributed by atoms with Crippen LogP contribution in [0.25, 0.3) is 0 Å². The van der Waals surface area contributed by atoms with E-state index >= 15 is 0 Å². The number of aldehydes is 1. The number of rotatable bonds is 6. The summed E-state index contributed by atoms with van der Waals surface area (Å²) >= 11 is 0. The second-order valence-electron chi connectivity index (χ2n) is 10.5. The maximum Gasteiger partial charge on any atom is 0.327 e. The van der Waals surface area contributed by atoms with Crippen molar-refractivity contribution >= 4 is 18.1 Å². The Labute approximate surface area is 220 Å². The number of allylic oxidation sites excluding steroid dienone is 5. The Morgan fingerprint density at radius 2 is 1.97 bits per heavy atom. The Morgan fingerprint density at radius 1 is 1.22 bits per heavy atom. The van der Waals surface area contributed by atoms with E-state index in [1.807, 2.05) is 38.1 Å². The number of fused-ring (bicyclic) bond motifs is 1. The molecule has 2 fully saturated rings. The quantitative estimate of drug-likeness (QED) is 0.352. The molecule has 1 aromatic heterocycles. The number of likely N-dealkylation sites (tertiary alicyclic amines) is 2. The van der Waals surface area contributed by atoms with Crippen LogP contribution in [0.15, 0.2) is 47.3 Å². The Morgan fingerprint density at radius 3 is 2.62 bits per heavy atom. The van der Waals surface area contributed by atoms with Crippen molar-refractivity contribution in [1.82, 2.24) is 20.1 Å². The van der Waals surface area contributed by atoms with Crippen LogP contribution in [0.2, 0.25) is 0 Å². The smallest absolute Gasteiger partial charge is 0.327 e. The van der Waals surface area contributed by atoms with E-state index in [0.29, 0.717) is 41.0 Å². The number of amides is 2. The van der Waals surface area contributed by atoms with Crippen molar-refractivity contribution in [2.24, 2.45) is 5.41 Å². The topological polar surface area (TPSA) is 92.6 Å². The SMILES string of the molecule is CC/C=C/C(C#N)=C(\C=C(/C)NC(=O)N1CCCc2ccc(C=O)nc21)N1CCC2(CCN(C)C2)CC1. The summed E-state index contributed by atoms with van der Waals surface area (Å²) in [7, 11) is 2.20. The van der Waals surface area contributed by atoms with Crippen molar-refractivity contribution in [2.75, 3.05) is 44.7 Å². The number of nitrogens with zero attached hydrogens (tertiary/aromatic N) is 5. The van der Waals surface area contributed by atoms with Crippen LogP contribution >= 0.6 is 0 Å². The average Bonchev–Trinajstić information content (AvgIpc) is 3.27. The minimum Gasteiger partial charge on any atom is -0.370 e. The molecule has 1 N–H and O–H groups in total. The van der Waals surface area contributed by atoms with Gasteiger partial charge in [0.25, 0.3) is 0 Å². The lowest BCUT2D eigenvalue weighted by molar-refractivity contribution is 0.111. The monoisotopic (exact) mass is 502 g/mol. The molecule has 1 spiro atoms. The number of nitrogens with one attached hydrogen (secondary N) is 1. The van der Waals surface area contributed by atoms with E-state index in [2.05, 4.69) is 33.2 Å². The molecule has 2 saturated heterocycles. The van der Waals surface area contributed by atoms with Crippen LogP contribution in [0.5, 0.6) is 0 Å². The zero-order chi connectivity index (χ0) is 26.4. The van der Waals surface area contributed by atoms with Gasteiger partial charge in [0, 0.05) is 31.9 Å². The van der Waals surface area contributed by atoms with Crippen LogP contribution in [0.3, 0.4) is 0 Å². The second kappa shape index (κ2) is 11.7. The van der Waals surface area contributed by atoms with Gasteiger partial charge in [0.05, 0.1) is 11.3 Å². The van der Waals surface area contributed by atoms with Crippen LogP contribution in [0.4, 0.5) is 10.6 Å². The molecule has 196 valence electrons. The largest absolute Gasteiger partial charge is 0.370 e. The second-order valence-corrected chi connectivity index (χ2v) is 10.5. The van der Waals surface area contributed by atoms with E-state index in [1.165, 1.54) is 6.42 Å². The van der Waals surface area contributed by atoms with Crippen molar-refractivity contribution in [3.8, 4) is 6.07 Å². The fraction of sp³-hybridized carbons (Fsp3) is 0.517. The number of aromatic nitrogens is 1. The van der Waals surface area contributed by atoms with Crippen molar-refractivity contribution in [3.05, 3.63) is 58.6 Å². The van der Waals surface area contributed by atoms with Gasteiger partial charge in [-0.3, -0.25) is 9.69 Å². The number of carbonyl (C=O) groups excluding carboxylic acids is 2. The molecule has 4 rings (SSSR count). The molecule has 3 aliphatic heterocycles. The number of carbonyl (C=O) groups is 2. The third kappa shape index (κ3) is 6.11. The van der Waals surface area contributed by atoms with Crippen LogP contribution < -0.4 is 10.2 Å². The van der Waals surface area contributed by atoms with Crippen molar-refractivity contribution in [3.63, 3.8) is 0 Å². The molecule has 0 unspecified atom stereocenters. The third-order valence-corrected chi connectivity index (χ3v) is 7.79. The maximum absolute atomic E-state index is 13.3. The van der Waals surface area contributed by atoms with E-state index < -0.39 is 0 Å². The lowest BCUT2D eigenvalue weighted by Crippen LogP contribution is -2.43. The van der Waals surface area contributed by atoms with Crippen molar-refractivity contribution < 1.29 is 9.59 Å². The first-order valence-corrected chi connectivity index (χ1v) is 13.3. The van der Waals surface area contributed by atoms with Gasteiger partial charge in [0.1, 0.15) is 17.6 Å². The number of urea groups is 1. The predicted octanol–water partition coefficient (Wildman–Crippen LogP) is 4.42. The minimum atomic E-state index is -0.279. The van der Waals surface area contributed by atoms with Gasteiger partial charge in [-0.05, 0) is 88.2 Å². The van der Waals surface area contributed by atoms with Gasteiger partial charge in [-0.15, -0.1) is 0 Å². The highest BCUT2D eigenvalue weighted by molar-refractivity contribution is 5.93. The van der Waals surface area contributed by atoms with Gasteiger partial charge in [0.2, 0.25) is 0 Å². The summed E-state index contributed by atoms with van der Waals surface area (Å²) in [6.45, 7) is 8.52. The Bertz CT molecular complexity index is 1150. The van der Waals surface area contributed by atoms with E-state index in [1.54, 1.807) is 11.0 Å². The Hall–Kier alpha value is -3.44. The number of piperidine rings is 1. The van der Waals surface area contributed by atoms with Gasteiger partial charge in [-0.2, -0.15) is 5.26 Å². The number of hydrogen-bond donors (Lipinski definition) is 1. The molecule has 0 bridgehead atoms. The summed E-state index contributed by atoms with van der Waals surface area (Å²) in [4.78, 5) is 35.2. The summed E-state index contributed by atoms with van der Waals surface area (Å²) in [5.41, 5.74) is 3.78. The summed E-state index contributed by atoms with van der Waals surface area (Å²) in [5.74, 6) is 0.545. The Balaban J connectivity index is 1.55. The molecule has 0 saturated carbocycles. The molecule has 8 nitrogen and oxygen atoms in total. The van der Waals surface area contributed by atoms with Crippen LogP contribution in [-0.4, -0.2) is 66.9 Å². The van der Waals surface area contributed by atoms with Gasteiger partial charge in [-0.25, -0.2) is 9.78 Å². The van der Waals surface area contributed by atoms with Gasteiger partial charge < -0.3 is 15.1 Å². The molecule has 0 aromatic carbocycles. The summed E-state index contributed by atoms with van der Waals surface area (Å²) < 4.78 is 0. The average molecular weight is 503 g/mol. The van der Waals surface area contributed by atoms with Crippen molar-refractivity contribution in [1.29, 1.82) is 5.26 Å². The van der Waals surface area contributed by atoms with Crippen molar-refractivity contribution in [2.45, 2.75) is 52.4 Å². The normalized spacial score (nSPS) is 20.5. The molecule has 2 amide bonds. The van der Waals surface area contributed by atoms with Crippen LogP contribution in [-0.2, 0) is 6.42 Å². The third-order valence-electron chi connectivity index (χ3n) is 7.79. The summed E-state index contributed by atoms with van der Waals surface area (Å²) in [5, 5.41) is 13.0. The highest BCUT2D eigenvalue weighted by atomic mass is 16.2. The molecular formula is C29H38N6O2. The predicted molar refractivity (Wildman–Crippen MR) is 145 cm³/mol. The standard InChI is InChI=1S/C29H38N6O2/c1-4-5-7-24(19-30)26(34-16-12-29(13-17-34)11-15-33(3)21-29)18-22(2)31-28(37)35-14-6-8-23-9-10-25(20-36)32-27(23)35/h5,7,9-10,18,20H,4,6,8,11-17,21H2,1-3H3,(H,31,37)/b7-5+,22-18+,26-24-.